The smallest absolute Gasteiger partial charge is 0.305 e. The van der Waals surface area contributed by atoms with Crippen LogP contribution in [0.2, 0.25) is 0 Å². The van der Waals surface area contributed by atoms with Crippen LogP contribution in [0.15, 0.2) is 11.1 Å². The molecule has 2 saturated carbocycles. The molecule has 0 saturated heterocycles. The fraction of sp³-hybridized carbons (Fsp3) is 0.906. The maximum atomic E-state index is 11.7. The Morgan fingerprint density at radius 2 is 1.67 bits per heavy atom. The van der Waals surface area contributed by atoms with Gasteiger partial charge in [-0.25, -0.2) is 0 Å². The van der Waals surface area contributed by atoms with Gasteiger partial charge in [-0.3, -0.25) is 4.79 Å². The van der Waals surface area contributed by atoms with Crippen LogP contribution in [0, 0.1) is 39.4 Å². The summed E-state index contributed by atoms with van der Waals surface area (Å²) in [4.78, 5) is 11.7. The van der Waals surface area contributed by atoms with Crippen LogP contribution >= 0.6 is 0 Å². The first kappa shape index (κ1) is 28.1. The molecule has 0 amide bonds. The highest BCUT2D eigenvalue weighted by Gasteiger charge is 2.62. The zero-order valence-corrected chi connectivity index (χ0v) is 24.7. The van der Waals surface area contributed by atoms with E-state index in [0.717, 1.165) is 12.3 Å². The van der Waals surface area contributed by atoms with Crippen LogP contribution < -0.4 is 0 Å². The van der Waals surface area contributed by atoms with Gasteiger partial charge in [-0.05, 0) is 111 Å². The van der Waals surface area contributed by atoms with Crippen LogP contribution in [0.5, 0.6) is 0 Å². The van der Waals surface area contributed by atoms with Crippen molar-refractivity contribution in [3.8, 4) is 0 Å². The molecule has 0 aromatic carbocycles. The fourth-order valence-electron chi connectivity index (χ4n) is 10.1. The van der Waals surface area contributed by atoms with Crippen molar-refractivity contribution in [2.45, 2.75) is 144 Å². The monoisotopic (exact) mass is 502 g/mol. The molecule has 0 spiro atoms. The molecule has 4 aliphatic carbocycles. The Bertz CT molecular complexity index is 912. The van der Waals surface area contributed by atoms with Gasteiger partial charge < -0.3 is 14.9 Å². The molecule has 0 heterocycles. The normalized spacial score (nSPS) is 40.5. The van der Waals surface area contributed by atoms with Gasteiger partial charge in [0.1, 0.15) is 5.60 Å². The predicted molar refractivity (Wildman–Crippen MR) is 145 cm³/mol. The minimum absolute atomic E-state index is 0.243. The van der Waals surface area contributed by atoms with E-state index in [1.807, 2.05) is 11.1 Å². The number of ether oxygens (including phenoxy) is 1. The Hall–Kier alpha value is -0.870. The highest BCUT2D eigenvalue weighted by Crippen LogP contribution is 2.72. The van der Waals surface area contributed by atoms with Crippen LogP contribution in [0.25, 0.3) is 0 Å². The fourth-order valence-corrected chi connectivity index (χ4v) is 10.1. The maximum Gasteiger partial charge on any atom is 0.305 e. The summed E-state index contributed by atoms with van der Waals surface area (Å²) in [6.07, 6.45) is 12.6. The second-order valence-electron chi connectivity index (χ2n) is 15.2. The molecule has 4 nitrogen and oxygen atoms in total. The first-order valence-corrected chi connectivity index (χ1v) is 14.8. The van der Waals surface area contributed by atoms with Crippen molar-refractivity contribution in [3.63, 3.8) is 0 Å². The van der Waals surface area contributed by atoms with E-state index in [0.29, 0.717) is 22.7 Å². The summed E-state index contributed by atoms with van der Waals surface area (Å²) >= 11 is 0. The van der Waals surface area contributed by atoms with Crippen LogP contribution in [0.4, 0.5) is 0 Å². The van der Waals surface area contributed by atoms with Crippen molar-refractivity contribution >= 4 is 5.97 Å². The van der Waals surface area contributed by atoms with Crippen molar-refractivity contribution in [2.24, 2.45) is 39.4 Å². The summed E-state index contributed by atoms with van der Waals surface area (Å²) in [6.45, 7) is 19.4. The third-order valence-corrected chi connectivity index (χ3v) is 12.5. The number of hydrogen-bond donors (Lipinski definition) is 2. The average molecular weight is 503 g/mol. The molecule has 4 aliphatic rings. The van der Waals surface area contributed by atoms with E-state index in [1.165, 1.54) is 78.6 Å². The van der Waals surface area contributed by atoms with Crippen LogP contribution in [0.1, 0.15) is 133 Å². The molecule has 2 N–H and O–H groups in total. The van der Waals surface area contributed by atoms with E-state index < -0.39 is 17.4 Å². The molecule has 0 aromatic rings. The van der Waals surface area contributed by atoms with Gasteiger partial charge in [-0.1, -0.05) is 59.1 Å². The molecule has 7 atom stereocenters. The van der Waals surface area contributed by atoms with Gasteiger partial charge >= 0.3 is 5.97 Å². The average Bonchev–Trinajstić information content (AvgIpc) is 3.02. The number of fused-ring (bicyclic) bond motifs is 4. The van der Waals surface area contributed by atoms with Crippen LogP contribution in [0.3, 0.4) is 0 Å². The lowest BCUT2D eigenvalue weighted by molar-refractivity contribution is -0.279. The quantitative estimate of drug-likeness (QED) is 0.223. The summed E-state index contributed by atoms with van der Waals surface area (Å²) in [5.41, 5.74) is 3.44. The number of esters is 1. The minimum Gasteiger partial charge on any atom is -0.430 e. The second kappa shape index (κ2) is 8.83. The van der Waals surface area contributed by atoms with Crippen LogP contribution in [-0.4, -0.2) is 27.6 Å². The van der Waals surface area contributed by atoms with Gasteiger partial charge in [0.15, 0.2) is 0 Å². The summed E-state index contributed by atoms with van der Waals surface area (Å²) in [5.74, 6) is -0.673. The number of carbonyl (C=O) groups excluding carboxylic acids is 1. The first-order valence-electron chi connectivity index (χ1n) is 14.8. The Balaban J connectivity index is 1.58. The van der Waals surface area contributed by atoms with Gasteiger partial charge in [0.25, 0.3) is 0 Å². The largest absolute Gasteiger partial charge is 0.430 e. The summed E-state index contributed by atoms with van der Waals surface area (Å²) in [7, 11) is 0. The lowest BCUT2D eigenvalue weighted by Crippen LogP contribution is -2.53. The van der Waals surface area contributed by atoms with Gasteiger partial charge in [0.05, 0.1) is 0 Å². The van der Waals surface area contributed by atoms with Crippen LogP contribution in [-0.2, 0) is 9.53 Å². The number of rotatable bonds is 6. The molecule has 2 fully saturated rings. The lowest BCUT2D eigenvalue weighted by Gasteiger charge is -2.61. The highest BCUT2D eigenvalue weighted by atomic mass is 16.7. The SMILES string of the molecule is CC(=O)OC(O)(CC[C@@H](C)[C@H]1CC[C@@]2(C)C3=C(CC[C@]12C)[C@@]1(C)CCCC(C)(C)[C@@H]1CC3)C(C)(C)O. The van der Waals surface area contributed by atoms with E-state index in [4.69, 9.17) is 4.74 Å². The number of aliphatic hydroxyl groups is 2. The summed E-state index contributed by atoms with van der Waals surface area (Å²) in [5, 5.41) is 21.7. The molecule has 4 rings (SSSR count). The van der Waals surface area contributed by atoms with Crippen molar-refractivity contribution in [1.82, 2.24) is 0 Å². The van der Waals surface area contributed by atoms with E-state index in [2.05, 4.69) is 41.5 Å². The standard InChI is InChI=1S/C32H54O4/c1-21(13-20-32(35,28(5,6)34)36-22(2)33)23-14-18-31(9)25-11-12-26-27(3,4)16-10-17-29(26,7)24(25)15-19-30(23,31)8/h21,23,26,34-35H,10-20H2,1-9H3/t21-,23-,26+,29-,30-,31+,32?/m1/s1. The highest BCUT2D eigenvalue weighted by molar-refractivity contribution is 5.66. The Morgan fingerprint density at radius 3 is 2.28 bits per heavy atom. The number of hydrogen-bond acceptors (Lipinski definition) is 4. The molecule has 0 aliphatic heterocycles. The van der Waals surface area contributed by atoms with E-state index in [-0.39, 0.29) is 17.3 Å². The number of allylic oxidation sites excluding steroid dienone is 2. The van der Waals surface area contributed by atoms with E-state index in [1.54, 1.807) is 0 Å². The topological polar surface area (TPSA) is 66.8 Å². The Morgan fingerprint density at radius 1 is 1.00 bits per heavy atom. The molecule has 4 heteroatoms. The molecule has 206 valence electrons. The molecule has 0 bridgehead atoms. The zero-order chi connectivity index (χ0) is 26.9. The zero-order valence-electron chi connectivity index (χ0n) is 24.7. The molecule has 0 aromatic heterocycles. The van der Waals surface area contributed by atoms with Gasteiger partial charge in [0, 0.05) is 13.3 Å². The molecule has 36 heavy (non-hydrogen) atoms. The third-order valence-electron chi connectivity index (χ3n) is 12.5. The van der Waals surface area contributed by atoms with Crippen molar-refractivity contribution in [1.29, 1.82) is 0 Å². The van der Waals surface area contributed by atoms with Crippen molar-refractivity contribution < 1.29 is 19.7 Å². The van der Waals surface area contributed by atoms with E-state index in [9.17, 15) is 15.0 Å². The number of carbonyl (C=O) groups is 1. The summed E-state index contributed by atoms with van der Waals surface area (Å²) in [6, 6.07) is 0. The molecule has 0 radical (unpaired) electrons. The Labute approximate surface area is 220 Å². The van der Waals surface area contributed by atoms with E-state index >= 15 is 0 Å². The molecular weight excluding hydrogens is 448 g/mol. The van der Waals surface area contributed by atoms with Crippen molar-refractivity contribution in [2.75, 3.05) is 0 Å². The Kier molecular flexibility index (Phi) is 6.90. The van der Waals surface area contributed by atoms with Gasteiger partial charge in [-0.2, -0.15) is 0 Å². The lowest BCUT2D eigenvalue weighted by atomic mass is 9.43. The molecular formula is C32H54O4. The molecule has 1 unspecified atom stereocenters. The van der Waals surface area contributed by atoms with Crippen molar-refractivity contribution in [3.05, 3.63) is 11.1 Å². The van der Waals surface area contributed by atoms with Gasteiger partial charge in [-0.15, -0.1) is 0 Å². The second-order valence-corrected chi connectivity index (χ2v) is 15.2. The minimum atomic E-state index is -1.86. The predicted octanol–water partition coefficient (Wildman–Crippen LogP) is 7.56. The maximum absolute atomic E-state index is 11.7. The summed E-state index contributed by atoms with van der Waals surface area (Å²) < 4.78 is 5.27. The first-order chi connectivity index (χ1) is 16.4. The van der Waals surface area contributed by atoms with Gasteiger partial charge in [0.2, 0.25) is 5.79 Å². The third kappa shape index (κ3) is 4.12.